The van der Waals surface area contributed by atoms with Crippen LogP contribution in [0.25, 0.3) is 43.8 Å². The molecular formula is C58H58O10. The summed E-state index contributed by atoms with van der Waals surface area (Å²) in [5.41, 5.74) is 4.93. The molecule has 0 saturated carbocycles. The Labute approximate surface area is 398 Å². The monoisotopic (exact) mass is 914 g/mol. The Morgan fingerprint density at radius 1 is 0.353 bits per heavy atom. The molecule has 0 unspecified atom stereocenters. The molecule has 0 saturated heterocycles. The lowest BCUT2D eigenvalue weighted by atomic mass is 9.86. The van der Waals surface area contributed by atoms with Crippen molar-refractivity contribution >= 4 is 45.4 Å². The summed E-state index contributed by atoms with van der Waals surface area (Å²) >= 11 is 0. The van der Waals surface area contributed by atoms with Crippen molar-refractivity contribution in [3.63, 3.8) is 0 Å². The third-order valence-electron chi connectivity index (χ3n) is 11.5. The van der Waals surface area contributed by atoms with E-state index in [-0.39, 0.29) is 11.9 Å². The predicted octanol–water partition coefficient (Wildman–Crippen LogP) is 13.6. The second kappa shape index (κ2) is 24.9. The fourth-order valence-corrected chi connectivity index (χ4v) is 7.91. The largest absolute Gasteiger partial charge is 0.494 e. The van der Waals surface area contributed by atoms with Crippen LogP contribution in [0.2, 0.25) is 0 Å². The van der Waals surface area contributed by atoms with Crippen molar-refractivity contribution < 1.29 is 47.6 Å². The van der Waals surface area contributed by atoms with Gasteiger partial charge in [-0.05, 0) is 168 Å². The zero-order valence-corrected chi connectivity index (χ0v) is 38.8. The van der Waals surface area contributed by atoms with E-state index in [1.807, 2.05) is 72.8 Å². The molecule has 10 heteroatoms. The summed E-state index contributed by atoms with van der Waals surface area (Å²) in [4.78, 5) is 48.8. The smallest absolute Gasteiger partial charge is 0.343 e. The molecule has 0 radical (unpaired) electrons. The van der Waals surface area contributed by atoms with Gasteiger partial charge in [-0.3, -0.25) is 9.59 Å². The normalized spacial score (nSPS) is 11.0. The average molecular weight is 915 g/mol. The third kappa shape index (κ3) is 13.3. The molecule has 0 fully saturated rings. The van der Waals surface area contributed by atoms with Gasteiger partial charge in [0.2, 0.25) is 0 Å². The number of fused-ring (bicyclic) bond motifs is 2. The topological polar surface area (TPSA) is 124 Å². The maximum atomic E-state index is 13.1. The van der Waals surface area contributed by atoms with E-state index in [1.165, 1.54) is 0 Å². The fourth-order valence-electron chi connectivity index (χ4n) is 7.91. The van der Waals surface area contributed by atoms with E-state index < -0.39 is 11.9 Å². The highest BCUT2D eigenvalue weighted by atomic mass is 16.5. The Bertz CT molecular complexity index is 2510. The van der Waals surface area contributed by atoms with Crippen molar-refractivity contribution in [3.05, 3.63) is 157 Å². The molecule has 0 aliphatic rings. The Balaban J connectivity index is 0.952. The summed E-state index contributed by atoms with van der Waals surface area (Å²) < 4.78 is 33.5. The Kier molecular flexibility index (Phi) is 17.7. The van der Waals surface area contributed by atoms with Crippen LogP contribution in [0, 0.1) is 0 Å². The van der Waals surface area contributed by atoms with E-state index in [4.69, 9.17) is 28.4 Å². The van der Waals surface area contributed by atoms with Crippen LogP contribution in [0.1, 0.15) is 98.8 Å². The van der Waals surface area contributed by atoms with Crippen LogP contribution in [0.3, 0.4) is 0 Å². The second-order valence-electron chi connectivity index (χ2n) is 16.4. The number of unbranched alkanes of at least 4 members (excludes halogenated alkanes) is 6. The molecule has 0 bridgehead atoms. The summed E-state index contributed by atoms with van der Waals surface area (Å²) in [7, 11) is 0. The zero-order valence-electron chi connectivity index (χ0n) is 38.8. The van der Waals surface area contributed by atoms with Crippen molar-refractivity contribution in [2.45, 2.75) is 78.1 Å². The maximum Gasteiger partial charge on any atom is 0.343 e. The van der Waals surface area contributed by atoms with Crippen molar-refractivity contribution in [3.8, 4) is 45.3 Å². The van der Waals surface area contributed by atoms with E-state index >= 15 is 0 Å². The second-order valence-corrected chi connectivity index (χ2v) is 16.4. The molecule has 0 spiro atoms. The van der Waals surface area contributed by atoms with Crippen LogP contribution in [0.4, 0.5) is 0 Å². The first-order chi connectivity index (χ1) is 33.3. The van der Waals surface area contributed by atoms with Crippen LogP contribution in [-0.2, 0) is 19.1 Å². The van der Waals surface area contributed by atoms with Crippen LogP contribution < -0.4 is 18.9 Å². The van der Waals surface area contributed by atoms with Gasteiger partial charge in [0.05, 0.1) is 37.6 Å². The number of hydrogen-bond acceptors (Lipinski definition) is 10. The zero-order chi connectivity index (χ0) is 47.5. The van der Waals surface area contributed by atoms with Gasteiger partial charge in [-0.2, -0.15) is 0 Å². The van der Waals surface area contributed by atoms with Gasteiger partial charge in [-0.15, -0.1) is 0 Å². The first kappa shape index (κ1) is 48.5. The predicted molar refractivity (Wildman–Crippen MR) is 266 cm³/mol. The molecule has 0 aliphatic carbocycles. The van der Waals surface area contributed by atoms with E-state index in [0.29, 0.717) is 73.4 Å². The highest BCUT2D eigenvalue weighted by molar-refractivity contribution is 6.21. The summed E-state index contributed by atoms with van der Waals surface area (Å²) in [5, 5.41) is 4.27. The first-order valence-corrected chi connectivity index (χ1v) is 23.7. The molecule has 0 atom stereocenters. The molecule has 350 valence electrons. The molecule has 0 aliphatic heterocycles. The van der Waals surface area contributed by atoms with E-state index in [1.54, 1.807) is 62.4 Å². The minimum atomic E-state index is -0.460. The van der Waals surface area contributed by atoms with Gasteiger partial charge in [0.1, 0.15) is 23.0 Å². The Morgan fingerprint density at radius 2 is 0.662 bits per heavy atom. The number of ether oxygens (including phenoxy) is 6. The molecule has 10 nitrogen and oxygen atoms in total. The summed E-state index contributed by atoms with van der Waals surface area (Å²) in [5.74, 6) is 0.983. The minimum absolute atomic E-state index is 0.165. The SMILES string of the molecule is CCC(=O)OCCCCCCOc1ccc(C(=O)Oc2ccc(-c3c4ccccc4c(-c4ccc(OC(=O)c5ccc(OCCCCCCOC(=O)CC)cc5)cc4)c4ccccc34)cc2)cc1. The van der Waals surface area contributed by atoms with Gasteiger partial charge in [0.25, 0.3) is 0 Å². The quantitative estimate of drug-likeness (QED) is 0.0250. The fraction of sp³-hybridized carbons (Fsp3) is 0.276. The summed E-state index contributed by atoms with van der Waals surface area (Å²) in [6.45, 7) is 5.61. The van der Waals surface area contributed by atoms with Crippen molar-refractivity contribution in [2.24, 2.45) is 0 Å². The van der Waals surface area contributed by atoms with E-state index in [9.17, 15) is 19.2 Å². The third-order valence-corrected chi connectivity index (χ3v) is 11.5. The van der Waals surface area contributed by atoms with Crippen LogP contribution in [-0.4, -0.2) is 50.3 Å². The molecular weight excluding hydrogens is 857 g/mol. The summed E-state index contributed by atoms with van der Waals surface area (Å²) in [6, 6.07) is 45.8. The standard InChI is InChI=1S/C58H58O10/c1-3-53(59)65-39-15-7-5-13-37-63-45-29-25-43(26-30-45)57(61)67-47-33-21-41(22-34-47)55-49-17-9-11-19-51(49)56(52-20-12-10-18-50(52)55)42-23-35-48(36-24-42)68-58(62)44-27-31-46(32-28-44)64-38-14-6-8-16-40-66-54(60)4-2/h9-12,17-36H,3-8,13-16,37-40H2,1-2H3. The number of hydrogen-bond donors (Lipinski definition) is 0. The molecule has 7 aromatic rings. The average Bonchev–Trinajstić information content (AvgIpc) is 3.37. The van der Waals surface area contributed by atoms with E-state index in [0.717, 1.165) is 95.2 Å². The van der Waals surface area contributed by atoms with Crippen molar-refractivity contribution in [1.29, 1.82) is 0 Å². The van der Waals surface area contributed by atoms with Gasteiger partial charge in [0, 0.05) is 12.8 Å². The molecule has 7 aromatic carbocycles. The minimum Gasteiger partial charge on any atom is -0.494 e. The molecule has 0 N–H and O–H groups in total. The molecule has 68 heavy (non-hydrogen) atoms. The maximum absolute atomic E-state index is 13.1. The van der Waals surface area contributed by atoms with Crippen LogP contribution >= 0.6 is 0 Å². The van der Waals surface area contributed by atoms with Crippen LogP contribution in [0.5, 0.6) is 23.0 Å². The molecule has 0 heterocycles. The van der Waals surface area contributed by atoms with Crippen molar-refractivity contribution in [2.75, 3.05) is 26.4 Å². The van der Waals surface area contributed by atoms with Crippen molar-refractivity contribution in [1.82, 2.24) is 0 Å². The Hall–Kier alpha value is -7.46. The number of esters is 4. The van der Waals surface area contributed by atoms with Gasteiger partial charge in [-0.1, -0.05) is 86.6 Å². The van der Waals surface area contributed by atoms with Gasteiger partial charge >= 0.3 is 23.9 Å². The lowest BCUT2D eigenvalue weighted by Gasteiger charge is -2.18. The van der Waals surface area contributed by atoms with E-state index in [2.05, 4.69) is 24.3 Å². The van der Waals surface area contributed by atoms with Gasteiger partial charge in [0.15, 0.2) is 0 Å². The highest BCUT2D eigenvalue weighted by Gasteiger charge is 2.18. The number of benzene rings is 7. The lowest BCUT2D eigenvalue weighted by molar-refractivity contribution is -0.144. The number of rotatable bonds is 24. The molecule has 0 aromatic heterocycles. The Morgan fingerprint density at radius 3 is 0.985 bits per heavy atom. The first-order valence-electron chi connectivity index (χ1n) is 23.7. The van der Waals surface area contributed by atoms with Crippen LogP contribution in [0.15, 0.2) is 146 Å². The van der Waals surface area contributed by atoms with Gasteiger partial charge < -0.3 is 28.4 Å². The molecule has 7 rings (SSSR count). The number of carbonyl (C=O) groups excluding carboxylic acids is 4. The summed E-state index contributed by atoms with van der Waals surface area (Å²) in [6.07, 6.45) is 8.12. The van der Waals surface area contributed by atoms with Gasteiger partial charge in [-0.25, -0.2) is 9.59 Å². The lowest BCUT2D eigenvalue weighted by Crippen LogP contribution is -2.08. The molecule has 0 amide bonds. The number of carbonyl (C=O) groups is 4. The highest BCUT2D eigenvalue weighted by Crippen LogP contribution is 2.44.